The van der Waals surface area contributed by atoms with Crippen LogP contribution in [0.5, 0.6) is 0 Å². The van der Waals surface area contributed by atoms with Gasteiger partial charge in [0.1, 0.15) is 0 Å². The standard InChI is InChI=1S/C22H27N5O/c1-18(20-10-6-11-21(16-20)27-14-7-12-25-27)26-22(23-2)24-13-15-28-17-19-8-4-3-5-9-19/h3-12,14,16,18H,13,15,17H2,1-2H3,(H2,23,24,26). The Morgan fingerprint density at radius 2 is 2.00 bits per heavy atom. The Kier molecular flexibility index (Phi) is 7.21. The Bertz CT molecular complexity index is 862. The van der Waals surface area contributed by atoms with Gasteiger partial charge < -0.3 is 15.4 Å². The molecule has 1 aromatic heterocycles. The van der Waals surface area contributed by atoms with Gasteiger partial charge in [0.05, 0.1) is 24.9 Å². The quantitative estimate of drug-likeness (QED) is 0.359. The summed E-state index contributed by atoms with van der Waals surface area (Å²) < 4.78 is 7.56. The van der Waals surface area contributed by atoms with Crippen LogP contribution >= 0.6 is 0 Å². The molecule has 0 radical (unpaired) electrons. The van der Waals surface area contributed by atoms with Gasteiger partial charge in [-0.05, 0) is 36.2 Å². The van der Waals surface area contributed by atoms with E-state index in [1.54, 1.807) is 13.2 Å². The van der Waals surface area contributed by atoms with Crippen LogP contribution in [0.2, 0.25) is 0 Å². The highest BCUT2D eigenvalue weighted by molar-refractivity contribution is 5.80. The van der Waals surface area contributed by atoms with Crippen molar-refractivity contribution >= 4 is 5.96 Å². The van der Waals surface area contributed by atoms with Gasteiger partial charge in [-0.15, -0.1) is 0 Å². The number of benzene rings is 2. The van der Waals surface area contributed by atoms with E-state index in [9.17, 15) is 0 Å². The van der Waals surface area contributed by atoms with E-state index in [0.717, 1.165) is 17.2 Å². The third-order valence-corrected chi connectivity index (χ3v) is 4.37. The summed E-state index contributed by atoms with van der Waals surface area (Å²) >= 11 is 0. The van der Waals surface area contributed by atoms with E-state index in [2.05, 4.69) is 51.9 Å². The fourth-order valence-corrected chi connectivity index (χ4v) is 2.85. The molecule has 2 N–H and O–H groups in total. The number of hydrogen-bond donors (Lipinski definition) is 2. The molecule has 6 nitrogen and oxygen atoms in total. The van der Waals surface area contributed by atoms with Crippen molar-refractivity contribution in [1.82, 2.24) is 20.4 Å². The van der Waals surface area contributed by atoms with Crippen molar-refractivity contribution in [3.05, 3.63) is 84.2 Å². The Balaban J connectivity index is 1.46. The number of hydrogen-bond acceptors (Lipinski definition) is 3. The molecule has 0 fully saturated rings. The lowest BCUT2D eigenvalue weighted by atomic mass is 10.1. The summed E-state index contributed by atoms with van der Waals surface area (Å²) in [5.74, 6) is 0.750. The Morgan fingerprint density at radius 3 is 2.75 bits per heavy atom. The fraction of sp³-hybridized carbons (Fsp3) is 0.273. The van der Waals surface area contributed by atoms with Crippen LogP contribution in [0.1, 0.15) is 24.1 Å². The largest absolute Gasteiger partial charge is 0.375 e. The van der Waals surface area contributed by atoms with Crippen LogP contribution in [-0.4, -0.2) is 35.9 Å². The minimum absolute atomic E-state index is 0.104. The van der Waals surface area contributed by atoms with Gasteiger partial charge in [-0.1, -0.05) is 42.5 Å². The van der Waals surface area contributed by atoms with Gasteiger partial charge in [0.15, 0.2) is 5.96 Å². The van der Waals surface area contributed by atoms with Crippen LogP contribution in [-0.2, 0) is 11.3 Å². The molecule has 0 saturated carbocycles. The Morgan fingerprint density at radius 1 is 1.14 bits per heavy atom. The van der Waals surface area contributed by atoms with Crippen molar-refractivity contribution in [1.29, 1.82) is 0 Å². The molecule has 0 aliphatic carbocycles. The van der Waals surface area contributed by atoms with Crippen molar-refractivity contribution in [3.8, 4) is 5.69 Å². The van der Waals surface area contributed by atoms with Crippen LogP contribution in [0, 0.1) is 0 Å². The number of nitrogens with one attached hydrogen (secondary N) is 2. The number of nitrogens with zero attached hydrogens (tertiary/aromatic N) is 3. The molecule has 28 heavy (non-hydrogen) atoms. The molecule has 0 spiro atoms. The lowest BCUT2D eigenvalue weighted by Crippen LogP contribution is -2.40. The van der Waals surface area contributed by atoms with Gasteiger partial charge in [-0.3, -0.25) is 4.99 Å². The summed E-state index contributed by atoms with van der Waals surface area (Å²) in [6, 6.07) is 20.5. The van der Waals surface area contributed by atoms with E-state index in [0.29, 0.717) is 19.8 Å². The molecule has 0 saturated heterocycles. The first-order valence-electron chi connectivity index (χ1n) is 9.45. The monoisotopic (exact) mass is 377 g/mol. The zero-order valence-corrected chi connectivity index (χ0v) is 16.4. The summed E-state index contributed by atoms with van der Waals surface area (Å²) in [6.45, 7) is 4.03. The SMILES string of the molecule is CN=C(NCCOCc1ccccc1)NC(C)c1cccc(-n2cccn2)c1. The summed E-state index contributed by atoms with van der Waals surface area (Å²) in [4.78, 5) is 4.30. The molecule has 0 bridgehead atoms. The Hall–Kier alpha value is -3.12. The van der Waals surface area contributed by atoms with Crippen molar-refractivity contribution in [2.24, 2.45) is 4.99 Å². The van der Waals surface area contributed by atoms with E-state index >= 15 is 0 Å². The first kappa shape index (κ1) is 19.6. The predicted octanol–water partition coefficient (Wildman–Crippen LogP) is 3.32. The van der Waals surface area contributed by atoms with E-state index in [-0.39, 0.29) is 6.04 Å². The maximum absolute atomic E-state index is 5.71. The maximum atomic E-state index is 5.71. The van der Waals surface area contributed by atoms with Gasteiger partial charge in [0.25, 0.3) is 0 Å². The lowest BCUT2D eigenvalue weighted by molar-refractivity contribution is 0.125. The minimum atomic E-state index is 0.104. The number of guanidine groups is 1. The average Bonchev–Trinajstić information content (AvgIpc) is 3.28. The molecule has 1 atom stereocenters. The van der Waals surface area contributed by atoms with Gasteiger partial charge >= 0.3 is 0 Å². The lowest BCUT2D eigenvalue weighted by Gasteiger charge is -2.19. The molecule has 3 rings (SSSR count). The van der Waals surface area contributed by atoms with Crippen LogP contribution in [0.4, 0.5) is 0 Å². The highest BCUT2D eigenvalue weighted by atomic mass is 16.5. The molecule has 0 amide bonds. The smallest absolute Gasteiger partial charge is 0.191 e. The molecule has 146 valence electrons. The molecule has 2 aromatic carbocycles. The predicted molar refractivity (Wildman–Crippen MR) is 113 cm³/mol. The second kappa shape index (κ2) is 10.3. The molecule has 0 aliphatic heterocycles. The third-order valence-electron chi connectivity index (χ3n) is 4.37. The van der Waals surface area contributed by atoms with Crippen molar-refractivity contribution in [3.63, 3.8) is 0 Å². The highest BCUT2D eigenvalue weighted by Gasteiger charge is 2.09. The van der Waals surface area contributed by atoms with Crippen LogP contribution in [0.15, 0.2) is 78.0 Å². The normalized spacial score (nSPS) is 12.6. The molecule has 1 heterocycles. The summed E-state index contributed by atoms with van der Waals surface area (Å²) in [7, 11) is 1.77. The van der Waals surface area contributed by atoms with E-state index < -0.39 is 0 Å². The molecular weight excluding hydrogens is 350 g/mol. The fourth-order valence-electron chi connectivity index (χ4n) is 2.85. The zero-order valence-electron chi connectivity index (χ0n) is 16.4. The molecule has 0 aliphatic rings. The summed E-state index contributed by atoms with van der Waals surface area (Å²) in [5.41, 5.74) is 3.38. The second-order valence-electron chi connectivity index (χ2n) is 6.45. The van der Waals surface area contributed by atoms with Crippen molar-refractivity contribution < 1.29 is 4.74 Å². The summed E-state index contributed by atoms with van der Waals surface area (Å²) in [5, 5.41) is 11.0. The maximum Gasteiger partial charge on any atom is 0.191 e. The first-order valence-corrected chi connectivity index (χ1v) is 9.45. The van der Waals surface area contributed by atoms with E-state index in [1.165, 1.54) is 5.56 Å². The highest BCUT2D eigenvalue weighted by Crippen LogP contribution is 2.16. The molecule has 6 heteroatoms. The number of rotatable bonds is 8. The number of ether oxygens (including phenoxy) is 1. The topological polar surface area (TPSA) is 63.5 Å². The molecule has 3 aromatic rings. The second-order valence-corrected chi connectivity index (χ2v) is 6.45. The Labute approximate surface area is 166 Å². The summed E-state index contributed by atoms with van der Waals surface area (Å²) in [6.07, 6.45) is 3.72. The van der Waals surface area contributed by atoms with Crippen LogP contribution in [0.3, 0.4) is 0 Å². The average molecular weight is 377 g/mol. The van der Waals surface area contributed by atoms with E-state index in [1.807, 2.05) is 47.3 Å². The van der Waals surface area contributed by atoms with E-state index in [4.69, 9.17) is 4.74 Å². The van der Waals surface area contributed by atoms with Crippen LogP contribution in [0.25, 0.3) is 5.69 Å². The minimum Gasteiger partial charge on any atom is -0.375 e. The third kappa shape index (κ3) is 5.69. The van der Waals surface area contributed by atoms with Gasteiger partial charge in [-0.25, -0.2) is 4.68 Å². The first-order chi connectivity index (χ1) is 13.8. The van der Waals surface area contributed by atoms with Gasteiger partial charge in [0, 0.05) is 26.0 Å². The van der Waals surface area contributed by atoms with Crippen molar-refractivity contribution in [2.75, 3.05) is 20.2 Å². The number of aliphatic imine (C=N–C) groups is 1. The molecular formula is C22H27N5O. The van der Waals surface area contributed by atoms with Gasteiger partial charge in [0.2, 0.25) is 0 Å². The molecule has 1 unspecified atom stereocenters. The van der Waals surface area contributed by atoms with Gasteiger partial charge in [-0.2, -0.15) is 5.10 Å². The van der Waals surface area contributed by atoms with Crippen LogP contribution < -0.4 is 10.6 Å². The number of aromatic nitrogens is 2. The zero-order chi connectivity index (χ0) is 19.6. The van der Waals surface area contributed by atoms with Crippen molar-refractivity contribution in [2.45, 2.75) is 19.6 Å².